The highest BCUT2D eigenvalue weighted by molar-refractivity contribution is 5.85. The van der Waals surface area contributed by atoms with Crippen LogP contribution in [0.5, 0.6) is 0 Å². The van der Waals surface area contributed by atoms with E-state index < -0.39 is 11.7 Å². The minimum absolute atomic E-state index is 0.0117. The third-order valence-electron chi connectivity index (χ3n) is 6.17. The monoisotopic (exact) mass is 397 g/mol. The van der Waals surface area contributed by atoms with Crippen molar-refractivity contribution in [3.8, 4) is 6.07 Å². The number of halogens is 3. The Labute approximate surface area is 170 Å². The number of nitrogens with zero attached hydrogens (tertiary/aromatic N) is 1. The van der Waals surface area contributed by atoms with Crippen molar-refractivity contribution in [2.45, 2.75) is 64.5 Å². The Bertz CT molecular complexity index is 1000. The summed E-state index contributed by atoms with van der Waals surface area (Å²) in [7, 11) is 0. The van der Waals surface area contributed by atoms with Crippen LogP contribution in [-0.2, 0) is 10.8 Å². The second-order valence-electron chi connectivity index (χ2n) is 9.27. The molecule has 0 atom stereocenters. The first kappa shape index (κ1) is 21.2. The quantitative estimate of drug-likeness (QED) is 0.487. The number of aryl methyl sites for hydroxylation is 1. The smallest absolute Gasteiger partial charge is 0.192 e. The molecule has 152 valence electrons. The van der Waals surface area contributed by atoms with E-state index in [2.05, 4.69) is 33.8 Å². The van der Waals surface area contributed by atoms with Gasteiger partial charge in [0.15, 0.2) is 0 Å². The average Bonchev–Trinajstić information content (AvgIpc) is 2.63. The van der Waals surface area contributed by atoms with Crippen molar-refractivity contribution in [1.29, 1.82) is 5.26 Å². The SMILES string of the molecule is Cc1cc2c(cc1C=C(c1ccc(C#N)cc1)C(F)(F)F)C(C)(C)CCC2(C)C. The predicted octanol–water partition coefficient (Wildman–Crippen LogP) is 7.32. The van der Waals surface area contributed by atoms with Gasteiger partial charge in [-0.25, -0.2) is 0 Å². The van der Waals surface area contributed by atoms with Gasteiger partial charge < -0.3 is 0 Å². The molecule has 4 heteroatoms. The van der Waals surface area contributed by atoms with Crippen molar-refractivity contribution in [3.63, 3.8) is 0 Å². The van der Waals surface area contributed by atoms with Crippen LogP contribution in [0, 0.1) is 18.3 Å². The molecule has 0 fully saturated rings. The van der Waals surface area contributed by atoms with Gasteiger partial charge in [0.05, 0.1) is 17.2 Å². The Kier molecular flexibility index (Phi) is 5.15. The molecule has 0 saturated heterocycles. The molecule has 0 aliphatic heterocycles. The molecule has 0 bridgehead atoms. The highest BCUT2D eigenvalue weighted by Gasteiger charge is 2.38. The molecular weight excluding hydrogens is 371 g/mol. The number of benzene rings is 2. The molecular formula is C25H26F3N. The van der Waals surface area contributed by atoms with Crippen LogP contribution in [0.1, 0.15) is 73.9 Å². The number of fused-ring (bicyclic) bond motifs is 1. The van der Waals surface area contributed by atoms with E-state index in [9.17, 15) is 13.2 Å². The van der Waals surface area contributed by atoms with Gasteiger partial charge >= 0.3 is 6.18 Å². The molecule has 0 unspecified atom stereocenters. The summed E-state index contributed by atoms with van der Waals surface area (Å²) in [4.78, 5) is 0. The summed E-state index contributed by atoms with van der Waals surface area (Å²) in [6.45, 7) is 10.6. The van der Waals surface area contributed by atoms with Gasteiger partial charge in [-0.3, -0.25) is 0 Å². The van der Waals surface area contributed by atoms with Crippen molar-refractivity contribution < 1.29 is 13.2 Å². The van der Waals surface area contributed by atoms with Crippen LogP contribution >= 0.6 is 0 Å². The lowest BCUT2D eigenvalue weighted by Gasteiger charge is -2.42. The fraction of sp³-hybridized carbons (Fsp3) is 0.400. The number of alkyl halides is 3. The predicted molar refractivity (Wildman–Crippen MR) is 112 cm³/mol. The number of allylic oxidation sites excluding steroid dienone is 1. The molecule has 1 aliphatic carbocycles. The molecule has 1 nitrogen and oxygen atoms in total. The first-order chi connectivity index (χ1) is 13.3. The number of hydrogen-bond donors (Lipinski definition) is 0. The van der Waals surface area contributed by atoms with Crippen molar-refractivity contribution in [2.75, 3.05) is 0 Å². The molecule has 0 amide bonds. The Hall–Kier alpha value is -2.54. The first-order valence-corrected chi connectivity index (χ1v) is 9.80. The molecule has 1 aliphatic rings. The fourth-order valence-electron chi connectivity index (χ4n) is 4.10. The lowest BCUT2D eigenvalue weighted by atomic mass is 9.62. The van der Waals surface area contributed by atoms with Crippen LogP contribution in [0.2, 0.25) is 0 Å². The molecule has 0 heterocycles. The molecule has 29 heavy (non-hydrogen) atoms. The molecule has 0 aromatic heterocycles. The second-order valence-corrected chi connectivity index (χ2v) is 9.27. The van der Waals surface area contributed by atoms with Crippen molar-refractivity contribution in [3.05, 3.63) is 69.8 Å². The first-order valence-electron chi connectivity index (χ1n) is 9.80. The van der Waals surface area contributed by atoms with E-state index in [1.807, 2.05) is 19.1 Å². The summed E-state index contributed by atoms with van der Waals surface area (Å²) in [5.41, 5.74) is 3.43. The van der Waals surface area contributed by atoms with E-state index in [1.54, 1.807) is 0 Å². The maximum atomic E-state index is 13.9. The summed E-state index contributed by atoms with van der Waals surface area (Å²) in [5.74, 6) is 0. The minimum atomic E-state index is -4.49. The Balaban J connectivity index is 2.20. The van der Waals surface area contributed by atoms with E-state index in [1.165, 1.54) is 35.9 Å². The van der Waals surface area contributed by atoms with Gasteiger partial charge in [0.2, 0.25) is 0 Å². The Morgan fingerprint density at radius 2 is 1.48 bits per heavy atom. The normalized spacial score (nSPS) is 18.1. The highest BCUT2D eigenvalue weighted by Crippen LogP contribution is 2.47. The summed E-state index contributed by atoms with van der Waals surface area (Å²) in [5, 5.41) is 8.92. The molecule has 0 spiro atoms. The van der Waals surface area contributed by atoms with E-state index in [0.717, 1.165) is 24.0 Å². The minimum Gasteiger partial charge on any atom is -0.192 e. The van der Waals surface area contributed by atoms with Gasteiger partial charge in [-0.05, 0) is 76.6 Å². The molecule has 3 rings (SSSR count). The van der Waals surface area contributed by atoms with Gasteiger partial charge in [-0.2, -0.15) is 18.4 Å². The summed E-state index contributed by atoms with van der Waals surface area (Å²) in [6.07, 6.45) is -1.19. The van der Waals surface area contributed by atoms with Crippen molar-refractivity contribution >= 4 is 11.6 Å². The summed E-state index contributed by atoms with van der Waals surface area (Å²) in [6, 6.07) is 11.5. The van der Waals surface area contributed by atoms with Crippen LogP contribution < -0.4 is 0 Å². The zero-order valence-electron chi connectivity index (χ0n) is 17.5. The topological polar surface area (TPSA) is 23.8 Å². The van der Waals surface area contributed by atoms with Gasteiger partial charge in [0.1, 0.15) is 0 Å². The maximum Gasteiger partial charge on any atom is 0.417 e. The number of rotatable bonds is 2. The zero-order valence-corrected chi connectivity index (χ0v) is 17.5. The van der Waals surface area contributed by atoms with E-state index >= 15 is 0 Å². The Morgan fingerprint density at radius 3 is 1.97 bits per heavy atom. The van der Waals surface area contributed by atoms with Crippen LogP contribution in [0.4, 0.5) is 13.2 Å². The van der Waals surface area contributed by atoms with E-state index in [4.69, 9.17) is 5.26 Å². The lowest BCUT2D eigenvalue weighted by molar-refractivity contribution is -0.0683. The molecule has 0 saturated carbocycles. The number of hydrogen-bond acceptors (Lipinski definition) is 1. The second kappa shape index (κ2) is 7.06. The maximum absolute atomic E-state index is 13.9. The van der Waals surface area contributed by atoms with Gasteiger partial charge in [0.25, 0.3) is 0 Å². The standard InChI is InChI=1S/C25H26F3N/c1-16-12-21-22(24(4,5)11-10-23(21,2)3)14-19(16)13-20(25(26,27)28)18-8-6-17(15-29)7-9-18/h6-9,12-14H,10-11H2,1-5H3. The van der Waals surface area contributed by atoms with Gasteiger partial charge in [0, 0.05) is 0 Å². The molecule has 2 aromatic rings. The van der Waals surface area contributed by atoms with Crippen LogP contribution in [0.3, 0.4) is 0 Å². The fourth-order valence-corrected chi connectivity index (χ4v) is 4.10. The number of nitriles is 1. The van der Waals surface area contributed by atoms with Crippen LogP contribution in [-0.4, -0.2) is 6.18 Å². The Morgan fingerprint density at radius 1 is 0.966 bits per heavy atom. The van der Waals surface area contributed by atoms with Crippen LogP contribution in [0.15, 0.2) is 36.4 Å². The summed E-state index contributed by atoms with van der Waals surface area (Å²) >= 11 is 0. The highest BCUT2D eigenvalue weighted by atomic mass is 19.4. The van der Waals surface area contributed by atoms with Gasteiger partial charge in [-0.15, -0.1) is 0 Å². The van der Waals surface area contributed by atoms with Crippen molar-refractivity contribution in [2.24, 2.45) is 0 Å². The average molecular weight is 397 g/mol. The van der Waals surface area contributed by atoms with E-state index in [-0.39, 0.29) is 16.4 Å². The third kappa shape index (κ3) is 4.10. The van der Waals surface area contributed by atoms with E-state index in [0.29, 0.717) is 11.1 Å². The molecule has 0 N–H and O–H groups in total. The van der Waals surface area contributed by atoms with Gasteiger partial charge in [-0.1, -0.05) is 52.0 Å². The van der Waals surface area contributed by atoms with Crippen LogP contribution in [0.25, 0.3) is 11.6 Å². The van der Waals surface area contributed by atoms with Crippen molar-refractivity contribution in [1.82, 2.24) is 0 Å². The molecule has 0 radical (unpaired) electrons. The third-order valence-corrected chi connectivity index (χ3v) is 6.17. The largest absolute Gasteiger partial charge is 0.417 e. The summed E-state index contributed by atoms with van der Waals surface area (Å²) < 4.78 is 41.7. The zero-order chi connectivity index (χ0) is 21.6. The lowest BCUT2D eigenvalue weighted by Crippen LogP contribution is -2.34. The molecule has 2 aromatic carbocycles.